The van der Waals surface area contributed by atoms with Crippen molar-refractivity contribution in [3.63, 3.8) is 0 Å². The Hall–Kier alpha value is -1.23. The summed E-state index contributed by atoms with van der Waals surface area (Å²) in [5.41, 5.74) is 0. The number of piperazine rings is 1. The fourth-order valence-electron chi connectivity index (χ4n) is 3.48. The molecule has 0 aromatic heterocycles. The van der Waals surface area contributed by atoms with Crippen LogP contribution in [-0.4, -0.2) is 85.7 Å². The van der Waals surface area contributed by atoms with E-state index >= 15 is 0 Å². The number of nitrogens with one attached hydrogen (secondary N) is 2. The average molecular weight is 418 g/mol. The fourth-order valence-corrected chi connectivity index (χ4v) is 5.15. The third-order valence-corrected chi connectivity index (χ3v) is 7.36. The molecule has 2 N–H and O–H groups in total. The Morgan fingerprint density at radius 3 is 1.93 bits per heavy atom. The molecule has 162 valence electrons. The van der Waals surface area contributed by atoms with Crippen LogP contribution < -0.4 is 10.6 Å². The molecule has 1 unspecified atom stereocenters. The van der Waals surface area contributed by atoms with Crippen LogP contribution >= 0.6 is 0 Å². The van der Waals surface area contributed by atoms with Crippen LogP contribution in [0.2, 0.25) is 0 Å². The predicted molar refractivity (Wildman–Crippen MR) is 108 cm³/mol. The van der Waals surface area contributed by atoms with Gasteiger partial charge in [0.1, 0.15) is 0 Å². The van der Waals surface area contributed by atoms with Crippen molar-refractivity contribution in [2.24, 2.45) is 5.92 Å². The zero-order chi connectivity index (χ0) is 20.7. The molecule has 1 atom stereocenters. The zero-order valence-corrected chi connectivity index (χ0v) is 18.1. The smallest absolute Gasteiger partial charge is 0.321 e. The summed E-state index contributed by atoms with van der Waals surface area (Å²) in [5, 5.41) is 5.02. The minimum atomic E-state index is -3.44. The number of hydrogen-bond acceptors (Lipinski definition) is 5. The molecule has 0 saturated carbocycles. The Morgan fingerprint density at radius 1 is 0.857 bits per heavy atom. The van der Waals surface area contributed by atoms with Crippen molar-refractivity contribution in [2.45, 2.75) is 52.5 Å². The van der Waals surface area contributed by atoms with E-state index < -0.39 is 22.3 Å². The molecule has 0 bridgehead atoms. The molecule has 3 amide bonds. The lowest BCUT2D eigenvalue weighted by atomic mass is 10.2. The lowest BCUT2D eigenvalue weighted by molar-refractivity contribution is -0.125. The van der Waals surface area contributed by atoms with E-state index in [0.717, 1.165) is 25.7 Å². The van der Waals surface area contributed by atoms with Gasteiger partial charge in [-0.2, -0.15) is 17.0 Å². The Balaban J connectivity index is 1.83. The maximum atomic E-state index is 12.9. The summed E-state index contributed by atoms with van der Waals surface area (Å²) in [4.78, 5) is 26.0. The zero-order valence-electron chi connectivity index (χ0n) is 17.3. The molecule has 2 aliphatic heterocycles. The average Bonchev–Trinajstić information content (AvgIpc) is 2.96. The Morgan fingerprint density at radius 2 is 1.39 bits per heavy atom. The van der Waals surface area contributed by atoms with E-state index in [1.807, 2.05) is 18.7 Å². The van der Waals surface area contributed by atoms with Gasteiger partial charge in [-0.25, -0.2) is 4.79 Å². The second-order valence-corrected chi connectivity index (χ2v) is 9.95. The second-order valence-electron chi connectivity index (χ2n) is 8.03. The number of amides is 3. The molecule has 2 heterocycles. The number of imide groups is 1. The van der Waals surface area contributed by atoms with Crippen LogP contribution in [0.3, 0.4) is 0 Å². The lowest BCUT2D eigenvalue weighted by Crippen LogP contribution is -2.58. The van der Waals surface area contributed by atoms with E-state index in [1.165, 1.54) is 4.31 Å². The van der Waals surface area contributed by atoms with Crippen LogP contribution in [0.1, 0.15) is 46.5 Å². The normalized spacial score (nSPS) is 21.9. The van der Waals surface area contributed by atoms with Crippen molar-refractivity contribution < 1.29 is 18.0 Å². The van der Waals surface area contributed by atoms with Crippen LogP contribution in [0, 0.1) is 5.92 Å². The van der Waals surface area contributed by atoms with Crippen LogP contribution in [0.15, 0.2) is 0 Å². The maximum absolute atomic E-state index is 12.9. The van der Waals surface area contributed by atoms with Crippen LogP contribution in [0.4, 0.5) is 4.79 Å². The molecule has 2 fully saturated rings. The van der Waals surface area contributed by atoms with Gasteiger partial charge in [-0.1, -0.05) is 26.7 Å². The van der Waals surface area contributed by atoms with Gasteiger partial charge in [0.15, 0.2) is 0 Å². The van der Waals surface area contributed by atoms with Crippen LogP contribution in [0.5, 0.6) is 0 Å². The van der Waals surface area contributed by atoms with Crippen molar-refractivity contribution in [3.05, 3.63) is 0 Å². The highest BCUT2D eigenvalue weighted by Gasteiger charge is 2.34. The first-order chi connectivity index (χ1) is 13.2. The largest absolute Gasteiger partial charge is 0.338 e. The van der Waals surface area contributed by atoms with Gasteiger partial charge < -0.3 is 5.32 Å². The summed E-state index contributed by atoms with van der Waals surface area (Å²) in [6, 6.07) is -0.985. The standard InChI is InChI=1S/C18H35N5O4S/c1-15(2)14-19-18(25)20-17(24)16(3)21-10-12-23(13-11-21)28(26,27)22-8-6-4-5-7-9-22/h15-16H,4-14H2,1-3H3,(H2,19,20,24,25). The third kappa shape index (κ3) is 6.40. The molecule has 9 nitrogen and oxygen atoms in total. The van der Waals surface area contributed by atoms with E-state index in [2.05, 4.69) is 10.6 Å². The Labute approximate surface area is 169 Å². The van der Waals surface area contributed by atoms with Crippen molar-refractivity contribution in [1.82, 2.24) is 24.1 Å². The molecule has 0 spiro atoms. The second kappa shape index (κ2) is 10.5. The van der Waals surface area contributed by atoms with Crippen molar-refractivity contribution in [2.75, 3.05) is 45.8 Å². The minimum absolute atomic E-state index is 0.303. The highest BCUT2D eigenvalue weighted by Crippen LogP contribution is 2.18. The first kappa shape index (κ1) is 23.1. The monoisotopic (exact) mass is 417 g/mol. The summed E-state index contributed by atoms with van der Waals surface area (Å²) in [7, 11) is -3.44. The summed E-state index contributed by atoms with van der Waals surface area (Å²) in [6.07, 6.45) is 3.99. The molecule has 2 saturated heterocycles. The third-order valence-electron chi connectivity index (χ3n) is 5.33. The summed E-state index contributed by atoms with van der Waals surface area (Å²) < 4.78 is 28.9. The Bertz CT molecular complexity index is 624. The molecular formula is C18H35N5O4S. The molecule has 0 radical (unpaired) electrons. The van der Waals surface area contributed by atoms with E-state index in [4.69, 9.17) is 0 Å². The van der Waals surface area contributed by atoms with Crippen LogP contribution in [-0.2, 0) is 15.0 Å². The van der Waals surface area contributed by atoms with Crippen LogP contribution in [0.25, 0.3) is 0 Å². The summed E-state index contributed by atoms with van der Waals surface area (Å²) >= 11 is 0. The Kier molecular flexibility index (Phi) is 8.66. The van der Waals surface area contributed by atoms with Gasteiger partial charge >= 0.3 is 6.03 Å². The first-order valence-corrected chi connectivity index (χ1v) is 11.7. The molecule has 0 aliphatic carbocycles. The lowest BCUT2D eigenvalue weighted by Gasteiger charge is -2.38. The van der Waals surface area contributed by atoms with Gasteiger partial charge in [0, 0.05) is 45.8 Å². The maximum Gasteiger partial charge on any atom is 0.321 e. The number of hydrogen-bond donors (Lipinski definition) is 2. The predicted octanol–water partition coefficient (Wildman–Crippen LogP) is 0.595. The molecule has 10 heteroatoms. The molecular weight excluding hydrogens is 382 g/mol. The highest BCUT2D eigenvalue weighted by molar-refractivity contribution is 7.86. The number of nitrogens with zero attached hydrogens (tertiary/aromatic N) is 3. The number of rotatable bonds is 6. The van der Waals surface area contributed by atoms with Crippen molar-refractivity contribution in [1.29, 1.82) is 0 Å². The van der Waals surface area contributed by atoms with E-state index in [-0.39, 0.29) is 5.91 Å². The molecule has 28 heavy (non-hydrogen) atoms. The summed E-state index contributed by atoms with van der Waals surface area (Å²) in [6.45, 7) is 9.02. The highest BCUT2D eigenvalue weighted by atomic mass is 32.2. The molecule has 2 rings (SSSR count). The van der Waals surface area contributed by atoms with Gasteiger partial charge in [-0.3, -0.25) is 15.0 Å². The molecule has 0 aromatic rings. The van der Waals surface area contributed by atoms with E-state index in [1.54, 1.807) is 11.2 Å². The molecule has 2 aliphatic rings. The van der Waals surface area contributed by atoms with Gasteiger partial charge in [0.2, 0.25) is 5.91 Å². The number of carbonyl (C=O) groups excluding carboxylic acids is 2. The van der Waals surface area contributed by atoms with Gasteiger partial charge in [-0.15, -0.1) is 0 Å². The van der Waals surface area contributed by atoms with Crippen molar-refractivity contribution >= 4 is 22.1 Å². The molecule has 0 aromatic carbocycles. The SMILES string of the molecule is CC(C)CNC(=O)NC(=O)C(C)N1CCN(S(=O)(=O)N2CCCCCC2)CC1. The summed E-state index contributed by atoms with van der Waals surface area (Å²) in [5.74, 6) is -0.0671. The fraction of sp³-hybridized carbons (Fsp3) is 0.889. The number of urea groups is 1. The van der Waals surface area contributed by atoms with E-state index in [0.29, 0.717) is 51.7 Å². The first-order valence-electron chi connectivity index (χ1n) is 10.3. The number of carbonyl (C=O) groups is 2. The van der Waals surface area contributed by atoms with Gasteiger partial charge in [-0.05, 0) is 25.7 Å². The minimum Gasteiger partial charge on any atom is -0.338 e. The quantitative estimate of drug-likeness (QED) is 0.659. The van der Waals surface area contributed by atoms with Crippen molar-refractivity contribution in [3.8, 4) is 0 Å². The van der Waals surface area contributed by atoms with Gasteiger partial charge in [0.25, 0.3) is 10.2 Å². The van der Waals surface area contributed by atoms with Gasteiger partial charge in [0.05, 0.1) is 6.04 Å². The van der Waals surface area contributed by atoms with E-state index in [9.17, 15) is 18.0 Å². The topological polar surface area (TPSA) is 102 Å².